The van der Waals surface area contributed by atoms with Gasteiger partial charge < -0.3 is 15.6 Å². The van der Waals surface area contributed by atoms with E-state index < -0.39 is 5.97 Å². The van der Waals surface area contributed by atoms with E-state index in [4.69, 9.17) is 15.9 Å². The largest absolute Gasteiger partial charge is 0.481 e. The van der Waals surface area contributed by atoms with Crippen LogP contribution in [0.4, 0.5) is 0 Å². The van der Waals surface area contributed by atoms with Crippen molar-refractivity contribution in [2.45, 2.75) is 19.8 Å². The van der Waals surface area contributed by atoms with Gasteiger partial charge in [-0.2, -0.15) is 0 Å². The lowest BCUT2D eigenvalue weighted by molar-refractivity contribution is -0.136. The lowest BCUT2D eigenvalue weighted by atomic mass is 9.90. The number of fused-ring (bicyclic) bond motifs is 1. The van der Waals surface area contributed by atoms with Crippen molar-refractivity contribution in [1.82, 2.24) is 4.57 Å². The number of aromatic nitrogens is 1. The summed E-state index contributed by atoms with van der Waals surface area (Å²) in [6, 6.07) is 18.7. The number of carbonyl (C=O) groups is 2. The number of hydrogen-bond acceptors (Lipinski definition) is 4. The molecule has 0 radical (unpaired) electrons. The first-order valence-corrected chi connectivity index (χ1v) is 10.4. The Morgan fingerprint density at radius 1 is 1.03 bits per heavy atom. The Balaban J connectivity index is 1.74. The van der Waals surface area contributed by atoms with E-state index in [1.54, 1.807) is 24.5 Å². The Kier molecular flexibility index (Phi) is 5.95. The minimum atomic E-state index is -0.861. The summed E-state index contributed by atoms with van der Waals surface area (Å²) in [5.74, 6) is 0.169. The quantitative estimate of drug-likeness (QED) is 0.274. The third-order valence-corrected chi connectivity index (χ3v) is 5.44. The minimum absolute atomic E-state index is 0.0131. The summed E-state index contributed by atoms with van der Waals surface area (Å²) in [5, 5.41) is 18.9. The number of aryl methyl sites for hydroxylation is 1. The van der Waals surface area contributed by atoms with Crippen LogP contribution in [0, 0.1) is 5.41 Å². The standard InChI is InChI=1S/C26H23N3O4/c1-16(30)29-13-12-22(15-29)33-21-9-6-19(7-10-21)25-18(8-11-24(31)32)4-2-17-3-5-20(26(27)28)14-23(17)25/h2-7,9-10,12-15H,8,11H2,1H3,(H3,27,28)(H,31,32). The van der Waals surface area contributed by atoms with Crippen molar-refractivity contribution < 1.29 is 19.4 Å². The van der Waals surface area contributed by atoms with Gasteiger partial charge in [0.25, 0.3) is 0 Å². The van der Waals surface area contributed by atoms with Crippen LogP contribution >= 0.6 is 0 Å². The Bertz CT molecular complexity index is 1370. The zero-order valence-electron chi connectivity index (χ0n) is 18.0. The van der Waals surface area contributed by atoms with E-state index >= 15 is 0 Å². The van der Waals surface area contributed by atoms with E-state index in [0.29, 0.717) is 23.5 Å². The summed E-state index contributed by atoms with van der Waals surface area (Å²) < 4.78 is 7.30. The normalized spacial score (nSPS) is 10.8. The van der Waals surface area contributed by atoms with Gasteiger partial charge in [0.15, 0.2) is 0 Å². The lowest BCUT2D eigenvalue weighted by Gasteiger charge is -2.15. The molecule has 1 heterocycles. The number of benzene rings is 3. The number of carboxylic acids is 1. The molecular formula is C26H23N3O4. The van der Waals surface area contributed by atoms with Gasteiger partial charge >= 0.3 is 5.97 Å². The number of carbonyl (C=O) groups excluding carboxylic acids is 1. The smallest absolute Gasteiger partial charge is 0.303 e. The molecule has 7 heteroatoms. The van der Waals surface area contributed by atoms with Crippen molar-refractivity contribution in [2.24, 2.45) is 5.73 Å². The van der Waals surface area contributed by atoms with Crippen molar-refractivity contribution in [3.63, 3.8) is 0 Å². The molecule has 7 nitrogen and oxygen atoms in total. The number of nitrogens with one attached hydrogen (secondary N) is 1. The van der Waals surface area contributed by atoms with Crippen LogP contribution in [0.15, 0.2) is 73.1 Å². The average molecular weight is 441 g/mol. The van der Waals surface area contributed by atoms with Gasteiger partial charge in [-0.25, -0.2) is 0 Å². The Morgan fingerprint density at radius 3 is 2.39 bits per heavy atom. The van der Waals surface area contributed by atoms with Crippen molar-refractivity contribution >= 4 is 28.5 Å². The van der Waals surface area contributed by atoms with Crippen LogP contribution in [0.25, 0.3) is 21.9 Å². The van der Waals surface area contributed by atoms with E-state index in [1.165, 1.54) is 11.5 Å². The van der Waals surface area contributed by atoms with Gasteiger partial charge in [0.2, 0.25) is 5.91 Å². The molecule has 1 aromatic heterocycles. The highest BCUT2D eigenvalue weighted by atomic mass is 16.5. The fourth-order valence-corrected chi connectivity index (χ4v) is 3.78. The summed E-state index contributed by atoms with van der Waals surface area (Å²) >= 11 is 0. The number of rotatable bonds is 7. The summed E-state index contributed by atoms with van der Waals surface area (Å²) in [6.07, 6.45) is 3.65. The molecule has 0 aliphatic rings. The molecule has 0 fully saturated rings. The Hall–Kier alpha value is -4.39. The molecule has 4 aromatic rings. The average Bonchev–Trinajstić information content (AvgIpc) is 3.26. The number of ether oxygens (including phenoxy) is 1. The SMILES string of the molecule is CC(=O)n1ccc(Oc2ccc(-c3c(CCC(=O)O)ccc4ccc(C(=N)N)cc34)cc2)c1. The summed E-state index contributed by atoms with van der Waals surface area (Å²) in [5.41, 5.74) is 9.02. The molecule has 33 heavy (non-hydrogen) atoms. The highest BCUT2D eigenvalue weighted by molar-refractivity contribution is 6.04. The molecule has 0 amide bonds. The fraction of sp³-hybridized carbons (Fsp3) is 0.115. The van der Waals surface area contributed by atoms with Gasteiger partial charge in [-0.1, -0.05) is 36.4 Å². The molecule has 0 unspecified atom stereocenters. The third kappa shape index (κ3) is 4.77. The second-order valence-corrected chi connectivity index (χ2v) is 7.74. The highest BCUT2D eigenvalue weighted by Crippen LogP contribution is 2.35. The van der Waals surface area contributed by atoms with Gasteiger partial charge in [0.05, 0.1) is 6.20 Å². The van der Waals surface area contributed by atoms with Gasteiger partial charge in [-0.3, -0.25) is 19.6 Å². The molecule has 166 valence electrons. The van der Waals surface area contributed by atoms with Crippen LogP contribution in [0.5, 0.6) is 11.5 Å². The number of hydrogen-bond donors (Lipinski definition) is 3. The maximum Gasteiger partial charge on any atom is 0.303 e. The maximum atomic E-state index is 11.5. The van der Waals surface area contributed by atoms with Gasteiger partial charge in [-0.15, -0.1) is 0 Å². The van der Waals surface area contributed by atoms with Crippen molar-refractivity contribution in [3.05, 3.63) is 84.2 Å². The van der Waals surface area contributed by atoms with E-state index in [-0.39, 0.29) is 18.2 Å². The highest BCUT2D eigenvalue weighted by Gasteiger charge is 2.13. The predicted octanol–water partition coefficient (Wildman–Crippen LogP) is 5.06. The van der Waals surface area contributed by atoms with Crippen molar-refractivity contribution in [1.29, 1.82) is 5.41 Å². The molecule has 4 rings (SSSR count). The van der Waals surface area contributed by atoms with Crippen LogP contribution in [0.1, 0.15) is 29.3 Å². The molecule has 0 aliphatic carbocycles. The van der Waals surface area contributed by atoms with Crippen LogP contribution < -0.4 is 10.5 Å². The number of aliphatic carboxylic acids is 1. The van der Waals surface area contributed by atoms with E-state index in [0.717, 1.165) is 27.5 Å². The predicted molar refractivity (Wildman–Crippen MR) is 127 cm³/mol. The molecule has 4 N–H and O–H groups in total. The molecular weight excluding hydrogens is 418 g/mol. The van der Waals surface area contributed by atoms with Crippen LogP contribution in [-0.4, -0.2) is 27.4 Å². The molecule has 3 aromatic carbocycles. The number of carboxylic acid groups (broad SMARTS) is 1. The third-order valence-electron chi connectivity index (χ3n) is 5.44. The Labute approximate surface area is 190 Å². The van der Waals surface area contributed by atoms with E-state index in [1.807, 2.05) is 48.5 Å². The molecule has 0 spiro atoms. The minimum Gasteiger partial charge on any atom is -0.481 e. The summed E-state index contributed by atoms with van der Waals surface area (Å²) in [7, 11) is 0. The van der Waals surface area contributed by atoms with Crippen LogP contribution in [-0.2, 0) is 11.2 Å². The van der Waals surface area contributed by atoms with Crippen molar-refractivity contribution in [3.8, 4) is 22.6 Å². The first kappa shape index (κ1) is 21.8. The molecule has 0 aliphatic heterocycles. The summed E-state index contributed by atoms with van der Waals surface area (Å²) in [4.78, 5) is 22.7. The van der Waals surface area contributed by atoms with Crippen molar-refractivity contribution in [2.75, 3.05) is 0 Å². The molecule has 0 bridgehead atoms. The number of nitrogen functional groups attached to an aromatic ring is 1. The van der Waals surface area contributed by atoms with E-state index in [9.17, 15) is 14.7 Å². The fourth-order valence-electron chi connectivity index (χ4n) is 3.78. The zero-order valence-corrected chi connectivity index (χ0v) is 18.0. The van der Waals surface area contributed by atoms with Gasteiger partial charge in [-0.05, 0) is 58.1 Å². The van der Waals surface area contributed by atoms with Crippen LogP contribution in [0.3, 0.4) is 0 Å². The summed E-state index contributed by atoms with van der Waals surface area (Å²) in [6.45, 7) is 1.47. The Morgan fingerprint density at radius 2 is 1.76 bits per heavy atom. The zero-order chi connectivity index (χ0) is 23.5. The number of nitrogens with zero attached hydrogens (tertiary/aromatic N) is 1. The second kappa shape index (κ2) is 9.00. The molecule has 0 saturated carbocycles. The first-order valence-electron chi connectivity index (χ1n) is 10.4. The van der Waals surface area contributed by atoms with Crippen LogP contribution in [0.2, 0.25) is 0 Å². The molecule has 0 atom stereocenters. The van der Waals surface area contributed by atoms with E-state index in [2.05, 4.69) is 0 Å². The monoisotopic (exact) mass is 441 g/mol. The van der Waals surface area contributed by atoms with Gasteiger partial charge in [0, 0.05) is 25.1 Å². The lowest BCUT2D eigenvalue weighted by Crippen LogP contribution is -2.10. The number of nitrogens with two attached hydrogens (primary N) is 1. The maximum absolute atomic E-state index is 11.5. The number of amidine groups is 1. The first-order chi connectivity index (χ1) is 15.8. The molecule has 0 saturated heterocycles. The topological polar surface area (TPSA) is 118 Å². The second-order valence-electron chi connectivity index (χ2n) is 7.74. The van der Waals surface area contributed by atoms with Gasteiger partial charge in [0.1, 0.15) is 17.3 Å².